The third kappa shape index (κ3) is 4.77. The van der Waals surface area contributed by atoms with Crippen LogP contribution in [0.1, 0.15) is 5.56 Å². The standard InChI is InChI=1S/C16H17ClN2O2/c1-18-10-12-6-8-13(9-7-12)21-11-16(20)19-15-5-3-2-4-14(15)17/h2-9,18H,10-11H2,1H3,(H,19,20). The Morgan fingerprint density at radius 3 is 2.52 bits per heavy atom. The van der Waals surface area contributed by atoms with Gasteiger partial charge in [-0.3, -0.25) is 4.79 Å². The number of anilines is 1. The van der Waals surface area contributed by atoms with Crippen LogP contribution in [-0.4, -0.2) is 19.6 Å². The van der Waals surface area contributed by atoms with E-state index in [4.69, 9.17) is 16.3 Å². The molecule has 0 saturated carbocycles. The second-order valence-electron chi connectivity index (χ2n) is 4.49. The number of carbonyl (C=O) groups is 1. The Morgan fingerprint density at radius 1 is 1.14 bits per heavy atom. The molecule has 5 heteroatoms. The summed E-state index contributed by atoms with van der Waals surface area (Å²) in [5, 5.41) is 6.28. The Bertz CT molecular complexity index is 599. The molecule has 2 aromatic rings. The first-order valence-corrected chi connectivity index (χ1v) is 6.97. The number of benzene rings is 2. The van der Waals surface area contributed by atoms with Crippen molar-refractivity contribution in [2.75, 3.05) is 19.0 Å². The Morgan fingerprint density at radius 2 is 1.86 bits per heavy atom. The van der Waals surface area contributed by atoms with Crippen LogP contribution in [0, 0.1) is 0 Å². The van der Waals surface area contributed by atoms with Gasteiger partial charge in [0.15, 0.2) is 6.61 Å². The molecule has 4 nitrogen and oxygen atoms in total. The van der Waals surface area contributed by atoms with E-state index in [-0.39, 0.29) is 12.5 Å². The van der Waals surface area contributed by atoms with E-state index in [1.54, 1.807) is 18.2 Å². The molecule has 0 saturated heterocycles. The SMILES string of the molecule is CNCc1ccc(OCC(=O)Nc2ccccc2Cl)cc1. The van der Waals surface area contributed by atoms with Gasteiger partial charge in [-0.2, -0.15) is 0 Å². The van der Waals surface area contributed by atoms with Gasteiger partial charge >= 0.3 is 0 Å². The van der Waals surface area contributed by atoms with E-state index < -0.39 is 0 Å². The summed E-state index contributed by atoms with van der Waals surface area (Å²) in [4.78, 5) is 11.8. The third-order valence-electron chi connectivity index (χ3n) is 2.82. The molecule has 2 N–H and O–H groups in total. The monoisotopic (exact) mass is 304 g/mol. The molecule has 0 bridgehead atoms. The summed E-state index contributed by atoms with van der Waals surface area (Å²) in [5.41, 5.74) is 1.74. The maximum Gasteiger partial charge on any atom is 0.262 e. The Hall–Kier alpha value is -2.04. The van der Waals surface area contributed by atoms with Crippen molar-refractivity contribution in [2.45, 2.75) is 6.54 Å². The molecular formula is C16H17ClN2O2. The van der Waals surface area contributed by atoms with Crippen molar-refractivity contribution >= 4 is 23.2 Å². The van der Waals surface area contributed by atoms with Gasteiger partial charge in [0.2, 0.25) is 0 Å². The van der Waals surface area contributed by atoms with Crippen molar-refractivity contribution in [1.29, 1.82) is 0 Å². The second-order valence-corrected chi connectivity index (χ2v) is 4.90. The molecule has 1 amide bonds. The van der Waals surface area contributed by atoms with Gasteiger partial charge in [-0.25, -0.2) is 0 Å². The van der Waals surface area contributed by atoms with Crippen molar-refractivity contribution in [1.82, 2.24) is 5.32 Å². The normalized spacial score (nSPS) is 10.2. The summed E-state index contributed by atoms with van der Waals surface area (Å²) in [6, 6.07) is 14.7. The van der Waals surface area contributed by atoms with E-state index in [1.165, 1.54) is 0 Å². The highest BCUT2D eigenvalue weighted by Crippen LogP contribution is 2.20. The lowest BCUT2D eigenvalue weighted by molar-refractivity contribution is -0.118. The number of hydrogen-bond acceptors (Lipinski definition) is 3. The van der Waals surface area contributed by atoms with E-state index in [2.05, 4.69) is 10.6 Å². The topological polar surface area (TPSA) is 50.4 Å². The van der Waals surface area contributed by atoms with Crippen LogP contribution >= 0.6 is 11.6 Å². The molecule has 110 valence electrons. The maximum atomic E-state index is 11.8. The molecule has 0 aliphatic carbocycles. The van der Waals surface area contributed by atoms with Crippen LogP contribution in [-0.2, 0) is 11.3 Å². The summed E-state index contributed by atoms with van der Waals surface area (Å²) >= 11 is 5.97. The first kappa shape index (κ1) is 15.4. The fourth-order valence-electron chi connectivity index (χ4n) is 1.81. The van der Waals surface area contributed by atoms with Gasteiger partial charge in [0.1, 0.15) is 5.75 Å². The molecule has 0 aromatic heterocycles. The van der Waals surface area contributed by atoms with Crippen molar-refractivity contribution in [2.24, 2.45) is 0 Å². The first-order chi connectivity index (χ1) is 10.2. The number of rotatable bonds is 6. The number of carbonyl (C=O) groups excluding carboxylic acids is 1. The fourth-order valence-corrected chi connectivity index (χ4v) is 1.99. The van der Waals surface area contributed by atoms with Crippen molar-refractivity contribution in [3.05, 3.63) is 59.1 Å². The van der Waals surface area contributed by atoms with Gasteiger partial charge < -0.3 is 15.4 Å². The van der Waals surface area contributed by atoms with Crippen LogP contribution in [0.25, 0.3) is 0 Å². The van der Waals surface area contributed by atoms with E-state index in [0.29, 0.717) is 16.5 Å². The van der Waals surface area contributed by atoms with E-state index in [0.717, 1.165) is 12.1 Å². The highest BCUT2D eigenvalue weighted by molar-refractivity contribution is 6.33. The van der Waals surface area contributed by atoms with Crippen molar-refractivity contribution < 1.29 is 9.53 Å². The minimum absolute atomic E-state index is 0.0589. The largest absolute Gasteiger partial charge is 0.484 e. The van der Waals surface area contributed by atoms with Gasteiger partial charge in [0.25, 0.3) is 5.91 Å². The van der Waals surface area contributed by atoms with Gasteiger partial charge in [0.05, 0.1) is 10.7 Å². The average Bonchev–Trinajstić information content (AvgIpc) is 2.49. The smallest absolute Gasteiger partial charge is 0.262 e. The number of amides is 1. The predicted molar refractivity (Wildman–Crippen MR) is 84.8 cm³/mol. The Labute approximate surface area is 129 Å². The highest BCUT2D eigenvalue weighted by atomic mass is 35.5. The minimum Gasteiger partial charge on any atom is -0.484 e. The van der Waals surface area contributed by atoms with Gasteiger partial charge in [-0.05, 0) is 36.9 Å². The zero-order chi connectivity index (χ0) is 15.1. The van der Waals surface area contributed by atoms with E-state index in [9.17, 15) is 4.79 Å². The van der Waals surface area contributed by atoms with Crippen LogP contribution < -0.4 is 15.4 Å². The lowest BCUT2D eigenvalue weighted by Gasteiger charge is -2.09. The lowest BCUT2D eigenvalue weighted by Crippen LogP contribution is -2.20. The zero-order valence-electron chi connectivity index (χ0n) is 11.7. The molecule has 21 heavy (non-hydrogen) atoms. The molecule has 2 aromatic carbocycles. The van der Waals surface area contributed by atoms with Gasteiger partial charge in [-0.15, -0.1) is 0 Å². The van der Waals surface area contributed by atoms with Crippen LogP contribution in [0.2, 0.25) is 5.02 Å². The molecule has 0 unspecified atom stereocenters. The first-order valence-electron chi connectivity index (χ1n) is 6.60. The maximum absolute atomic E-state index is 11.8. The number of halogens is 1. The van der Waals surface area contributed by atoms with Crippen LogP contribution in [0.5, 0.6) is 5.75 Å². The van der Waals surface area contributed by atoms with Crippen LogP contribution in [0.3, 0.4) is 0 Å². The van der Waals surface area contributed by atoms with Gasteiger partial charge in [0, 0.05) is 6.54 Å². The number of ether oxygens (including phenoxy) is 1. The fraction of sp³-hybridized carbons (Fsp3) is 0.188. The summed E-state index contributed by atoms with van der Waals surface area (Å²) in [6.07, 6.45) is 0. The molecule has 0 radical (unpaired) electrons. The van der Waals surface area contributed by atoms with Crippen LogP contribution in [0.15, 0.2) is 48.5 Å². The zero-order valence-corrected chi connectivity index (χ0v) is 12.5. The summed E-state index contributed by atoms with van der Waals surface area (Å²) in [7, 11) is 1.89. The third-order valence-corrected chi connectivity index (χ3v) is 3.15. The molecule has 0 heterocycles. The van der Waals surface area contributed by atoms with Crippen molar-refractivity contribution in [3.8, 4) is 5.75 Å². The lowest BCUT2D eigenvalue weighted by atomic mass is 10.2. The summed E-state index contributed by atoms with van der Waals surface area (Å²) < 4.78 is 5.44. The predicted octanol–water partition coefficient (Wildman–Crippen LogP) is 3.08. The molecule has 0 spiro atoms. The Kier molecular flexibility index (Phi) is 5.60. The van der Waals surface area contributed by atoms with Crippen LogP contribution in [0.4, 0.5) is 5.69 Å². The average molecular weight is 305 g/mol. The highest BCUT2D eigenvalue weighted by Gasteiger charge is 2.06. The molecule has 0 atom stereocenters. The number of nitrogens with one attached hydrogen (secondary N) is 2. The quantitative estimate of drug-likeness (QED) is 0.862. The minimum atomic E-state index is -0.248. The second kappa shape index (κ2) is 7.67. The summed E-state index contributed by atoms with van der Waals surface area (Å²) in [6.45, 7) is 0.740. The van der Waals surface area contributed by atoms with E-state index in [1.807, 2.05) is 37.4 Å². The molecular weight excluding hydrogens is 288 g/mol. The number of para-hydroxylation sites is 1. The molecule has 0 aliphatic heterocycles. The van der Waals surface area contributed by atoms with E-state index >= 15 is 0 Å². The van der Waals surface area contributed by atoms with Crippen molar-refractivity contribution in [3.63, 3.8) is 0 Å². The molecule has 0 aliphatic rings. The molecule has 2 rings (SSSR count). The summed E-state index contributed by atoms with van der Waals surface area (Å²) in [5.74, 6) is 0.409. The Balaban J connectivity index is 1.85. The number of hydrogen-bond donors (Lipinski definition) is 2. The molecule has 0 fully saturated rings. The van der Waals surface area contributed by atoms with Gasteiger partial charge in [-0.1, -0.05) is 35.9 Å².